The van der Waals surface area contributed by atoms with Crippen molar-refractivity contribution in [3.63, 3.8) is 0 Å². The zero-order chi connectivity index (χ0) is 12.0. The van der Waals surface area contributed by atoms with Crippen LogP contribution >= 0.6 is 0 Å². The molecule has 0 fully saturated rings. The average Bonchev–Trinajstić information content (AvgIpc) is 2.30. The van der Waals surface area contributed by atoms with E-state index < -0.39 is 0 Å². The van der Waals surface area contributed by atoms with E-state index in [4.69, 9.17) is 11.1 Å². The van der Waals surface area contributed by atoms with Gasteiger partial charge in [0.15, 0.2) is 0 Å². The van der Waals surface area contributed by atoms with Gasteiger partial charge >= 0.3 is 0 Å². The van der Waals surface area contributed by atoms with Crippen molar-refractivity contribution in [3.05, 3.63) is 23.9 Å². The quantitative estimate of drug-likeness (QED) is 0.569. The first kappa shape index (κ1) is 12.5. The Kier molecular flexibility index (Phi) is 4.76. The van der Waals surface area contributed by atoms with E-state index in [-0.39, 0.29) is 5.84 Å². The molecule has 0 radical (unpaired) electrons. The van der Waals surface area contributed by atoms with Crippen molar-refractivity contribution in [2.24, 2.45) is 5.73 Å². The minimum atomic E-state index is 0.0654. The lowest BCUT2D eigenvalue weighted by atomic mass is 10.2. The molecule has 3 N–H and O–H groups in total. The van der Waals surface area contributed by atoms with Crippen LogP contribution < -0.4 is 10.6 Å². The van der Waals surface area contributed by atoms with Crippen LogP contribution in [0.1, 0.15) is 32.3 Å². The molecular weight excluding hydrogens is 200 g/mol. The van der Waals surface area contributed by atoms with Gasteiger partial charge in [0, 0.05) is 24.8 Å². The van der Waals surface area contributed by atoms with Crippen LogP contribution in [0, 0.1) is 5.41 Å². The summed E-state index contributed by atoms with van der Waals surface area (Å²) >= 11 is 0. The molecule has 4 nitrogen and oxygen atoms in total. The van der Waals surface area contributed by atoms with Crippen LogP contribution in [0.4, 0.5) is 5.82 Å². The molecular formula is C12H20N4. The van der Waals surface area contributed by atoms with E-state index in [9.17, 15) is 0 Å². The number of hydrogen-bond donors (Lipinski definition) is 2. The zero-order valence-electron chi connectivity index (χ0n) is 10.0. The fraction of sp³-hybridized carbons (Fsp3) is 0.500. The maximum atomic E-state index is 7.29. The molecule has 0 spiro atoms. The van der Waals surface area contributed by atoms with Gasteiger partial charge in [-0.2, -0.15) is 0 Å². The number of nitrogens with one attached hydrogen (secondary N) is 1. The monoisotopic (exact) mass is 220 g/mol. The second-order valence-corrected chi connectivity index (χ2v) is 3.75. The molecule has 1 heterocycles. The third kappa shape index (κ3) is 3.22. The van der Waals surface area contributed by atoms with Crippen molar-refractivity contribution in [3.8, 4) is 0 Å². The Balaban J connectivity index is 2.74. The number of unbranched alkanes of at least 4 members (excludes halogenated alkanes) is 1. The standard InChI is InChI=1S/C12H20N4/c1-3-5-8-16(4-2)11-7-6-10(9-15-11)12(13)14/h6-7,9H,3-5,8H2,1-2H3,(H3,13,14). The molecule has 0 aliphatic rings. The van der Waals surface area contributed by atoms with Gasteiger partial charge in [0.25, 0.3) is 0 Å². The SMILES string of the molecule is CCCCN(CC)c1ccc(C(=N)N)cn1. The fourth-order valence-electron chi connectivity index (χ4n) is 1.52. The van der Waals surface area contributed by atoms with Crippen molar-refractivity contribution < 1.29 is 0 Å². The van der Waals surface area contributed by atoms with Crippen molar-refractivity contribution in [1.29, 1.82) is 5.41 Å². The van der Waals surface area contributed by atoms with E-state index in [0.717, 1.165) is 18.9 Å². The lowest BCUT2D eigenvalue weighted by molar-refractivity contribution is 0.724. The Morgan fingerprint density at radius 1 is 1.44 bits per heavy atom. The fourth-order valence-corrected chi connectivity index (χ4v) is 1.52. The predicted octanol–water partition coefficient (Wildman–Crippen LogP) is 1.99. The Morgan fingerprint density at radius 3 is 2.62 bits per heavy atom. The van der Waals surface area contributed by atoms with Crippen LogP contribution in [0.15, 0.2) is 18.3 Å². The molecule has 0 bridgehead atoms. The molecule has 88 valence electrons. The first-order valence-corrected chi connectivity index (χ1v) is 5.74. The van der Waals surface area contributed by atoms with E-state index in [1.165, 1.54) is 12.8 Å². The van der Waals surface area contributed by atoms with Crippen LogP contribution in [0.2, 0.25) is 0 Å². The number of nitrogens with two attached hydrogens (primary N) is 1. The van der Waals surface area contributed by atoms with Crippen LogP contribution in [-0.2, 0) is 0 Å². The van der Waals surface area contributed by atoms with Crippen LogP contribution in [0.3, 0.4) is 0 Å². The van der Waals surface area contributed by atoms with E-state index >= 15 is 0 Å². The smallest absolute Gasteiger partial charge is 0.128 e. The van der Waals surface area contributed by atoms with Crippen molar-refractivity contribution in [1.82, 2.24) is 4.98 Å². The summed E-state index contributed by atoms with van der Waals surface area (Å²) in [7, 11) is 0. The maximum absolute atomic E-state index is 7.29. The van der Waals surface area contributed by atoms with Gasteiger partial charge in [-0.3, -0.25) is 5.41 Å². The lowest BCUT2D eigenvalue weighted by Crippen LogP contribution is -2.25. The third-order valence-corrected chi connectivity index (χ3v) is 2.55. The van der Waals surface area contributed by atoms with E-state index in [0.29, 0.717) is 5.56 Å². The maximum Gasteiger partial charge on any atom is 0.128 e. The number of aromatic nitrogens is 1. The Labute approximate surface area is 97.0 Å². The van der Waals surface area contributed by atoms with Gasteiger partial charge in [0.2, 0.25) is 0 Å². The number of anilines is 1. The summed E-state index contributed by atoms with van der Waals surface area (Å²) in [5, 5.41) is 7.29. The lowest BCUT2D eigenvalue weighted by Gasteiger charge is -2.21. The van der Waals surface area contributed by atoms with Gasteiger partial charge in [0.1, 0.15) is 11.7 Å². The number of nitrogens with zero attached hydrogens (tertiary/aromatic N) is 2. The van der Waals surface area contributed by atoms with Gasteiger partial charge < -0.3 is 10.6 Å². The second-order valence-electron chi connectivity index (χ2n) is 3.75. The number of pyridine rings is 1. The second kappa shape index (κ2) is 6.10. The average molecular weight is 220 g/mol. The van der Waals surface area contributed by atoms with E-state index in [1.807, 2.05) is 12.1 Å². The normalized spacial score (nSPS) is 10.1. The predicted molar refractivity (Wildman–Crippen MR) is 68.0 cm³/mol. The summed E-state index contributed by atoms with van der Waals surface area (Å²) in [6.07, 6.45) is 4.01. The molecule has 1 aromatic rings. The van der Waals surface area contributed by atoms with Crippen molar-refractivity contribution >= 4 is 11.7 Å². The largest absolute Gasteiger partial charge is 0.384 e. The minimum absolute atomic E-state index is 0.0654. The highest BCUT2D eigenvalue weighted by Gasteiger charge is 2.05. The summed E-state index contributed by atoms with van der Waals surface area (Å²) in [5.74, 6) is 1.02. The zero-order valence-corrected chi connectivity index (χ0v) is 10.0. The van der Waals surface area contributed by atoms with Gasteiger partial charge in [-0.15, -0.1) is 0 Å². The molecule has 0 aliphatic carbocycles. The molecule has 0 atom stereocenters. The third-order valence-electron chi connectivity index (χ3n) is 2.55. The number of rotatable bonds is 6. The summed E-state index contributed by atoms with van der Waals surface area (Å²) in [6, 6.07) is 3.77. The molecule has 0 saturated carbocycles. The number of nitrogen functional groups attached to an aromatic ring is 1. The summed E-state index contributed by atoms with van der Waals surface area (Å²) in [6.45, 7) is 6.28. The molecule has 0 aromatic carbocycles. The van der Waals surface area contributed by atoms with Crippen LogP contribution in [0.25, 0.3) is 0 Å². The minimum Gasteiger partial charge on any atom is -0.384 e. The van der Waals surface area contributed by atoms with E-state index in [2.05, 4.69) is 23.7 Å². The highest BCUT2D eigenvalue weighted by atomic mass is 15.2. The highest BCUT2D eigenvalue weighted by molar-refractivity contribution is 5.94. The van der Waals surface area contributed by atoms with Gasteiger partial charge in [-0.05, 0) is 25.5 Å². The Hall–Kier alpha value is -1.58. The van der Waals surface area contributed by atoms with Crippen molar-refractivity contribution in [2.75, 3.05) is 18.0 Å². The topological polar surface area (TPSA) is 66.0 Å². The molecule has 4 heteroatoms. The van der Waals surface area contributed by atoms with Crippen LogP contribution in [0.5, 0.6) is 0 Å². The van der Waals surface area contributed by atoms with Crippen molar-refractivity contribution in [2.45, 2.75) is 26.7 Å². The molecule has 1 rings (SSSR count). The molecule has 0 aliphatic heterocycles. The van der Waals surface area contributed by atoms with Gasteiger partial charge in [0.05, 0.1) is 0 Å². The Morgan fingerprint density at radius 2 is 2.19 bits per heavy atom. The molecule has 16 heavy (non-hydrogen) atoms. The molecule has 0 amide bonds. The van der Waals surface area contributed by atoms with Gasteiger partial charge in [-0.1, -0.05) is 13.3 Å². The first-order chi connectivity index (χ1) is 7.69. The van der Waals surface area contributed by atoms with Crippen LogP contribution in [-0.4, -0.2) is 23.9 Å². The highest BCUT2D eigenvalue weighted by Crippen LogP contribution is 2.11. The molecule has 1 aromatic heterocycles. The molecule has 0 unspecified atom stereocenters. The number of hydrogen-bond acceptors (Lipinski definition) is 3. The van der Waals surface area contributed by atoms with Gasteiger partial charge in [-0.25, -0.2) is 4.98 Å². The number of amidine groups is 1. The van der Waals surface area contributed by atoms with E-state index in [1.54, 1.807) is 6.20 Å². The Bertz CT molecular complexity index is 331. The summed E-state index contributed by atoms with van der Waals surface area (Å²) in [4.78, 5) is 6.56. The summed E-state index contributed by atoms with van der Waals surface area (Å²) < 4.78 is 0. The summed E-state index contributed by atoms with van der Waals surface area (Å²) in [5.41, 5.74) is 6.06. The first-order valence-electron chi connectivity index (χ1n) is 5.74. The molecule has 0 saturated heterocycles.